The molecule has 1 atom stereocenters. The Hall–Kier alpha value is -1.76. The van der Waals surface area contributed by atoms with E-state index in [4.69, 9.17) is 21.3 Å². The van der Waals surface area contributed by atoms with E-state index < -0.39 is 16.1 Å². The summed E-state index contributed by atoms with van der Waals surface area (Å²) in [5.41, 5.74) is 0.593. The van der Waals surface area contributed by atoms with E-state index in [0.29, 0.717) is 53.9 Å². The van der Waals surface area contributed by atoms with Crippen LogP contribution in [-0.2, 0) is 14.8 Å². The number of thiophene rings is 1. The number of methoxy groups -OCH3 is 1. The third-order valence-electron chi connectivity index (χ3n) is 6.25. The van der Waals surface area contributed by atoms with Gasteiger partial charge in [-0.25, -0.2) is 13.4 Å². The highest BCUT2D eigenvalue weighted by Crippen LogP contribution is 2.39. The second-order valence-electron chi connectivity index (χ2n) is 8.15. The molecule has 1 amide bonds. The number of aromatic nitrogens is 1. The summed E-state index contributed by atoms with van der Waals surface area (Å²) in [5.74, 6) is 0.315. The van der Waals surface area contributed by atoms with Gasteiger partial charge in [0, 0.05) is 19.6 Å². The number of benzene rings is 1. The average Bonchev–Trinajstić information content (AvgIpc) is 3.62. The van der Waals surface area contributed by atoms with Crippen LogP contribution in [0.3, 0.4) is 0 Å². The van der Waals surface area contributed by atoms with Crippen LogP contribution < -0.4 is 9.64 Å². The molecule has 1 saturated heterocycles. The van der Waals surface area contributed by atoms with E-state index in [1.165, 1.54) is 15.6 Å². The lowest BCUT2D eigenvalue weighted by molar-refractivity contribution is -0.121. The molecule has 1 aliphatic heterocycles. The van der Waals surface area contributed by atoms with Crippen LogP contribution in [-0.4, -0.2) is 74.4 Å². The monoisotopic (exact) mass is 556 g/mol. The molecule has 3 heterocycles. The van der Waals surface area contributed by atoms with E-state index in [1.54, 1.807) is 41.7 Å². The highest BCUT2D eigenvalue weighted by molar-refractivity contribution is 7.91. The van der Waals surface area contributed by atoms with Gasteiger partial charge in [-0.05, 0) is 49.5 Å². The number of anilines is 1. The number of fused-ring (bicyclic) bond motifs is 1. The first-order chi connectivity index (χ1) is 16.8. The van der Waals surface area contributed by atoms with Crippen molar-refractivity contribution in [2.45, 2.75) is 36.9 Å². The van der Waals surface area contributed by atoms with Gasteiger partial charge in [-0.3, -0.25) is 9.69 Å². The molecule has 0 saturated carbocycles. The molecule has 1 aromatic carbocycles. The Kier molecular flexibility index (Phi) is 8.34. The number of hydrogen-bond donors (Lipinski definition) is 0. The van der Waals surface area contributed by atoms with Crippen LogP contribution >= 0.6 is 34.3 Å². The van der Waals surface area contributed by atoms with Crippen molar-refractivity contribution in [3.05, 3.63) is 34.7 Å². The lowest BCUT2D eigenvalue weighted by Gasteiger charge is -2.29. The predicted molar refractivity (Wildman–Crippen MR) is 143 cm³/mol. The first-order valence-electron chi connectivity index (χ1n) is 11.5. The van der Waals surface area contributed by atoms with E-state index >= 15 is 0 Å². The Morgan fingerprint density at radius 3 is 2.69 bits per heavy atom. The minimum atomic E-state index is -3.75. The molecule has 190 valence electrons. The van der Waals surface area contributed by atoms with E-state index in [1.807, 2.05) is 0 Å². The van der Waals surface area contributed by atoms with Crippen LogP contribution in [0.2, 0.25) is 5.02 Å². The summed E-state index contributed by atoms with van der Waals surface area (Å²) >= 11 is 8.92. The number of hydrogen-bond acceptors (Lipinski definition) is 8. The molecule has 8 nitrogen and oxygen atoms in total. The number of nitrogens with zero attached hydrogens (tertiary/aromatic N) is 4. The smallest absolute Gasteiger partial charge is 0.253 e. The van der Waals surface area contributed by atoms with Crippen molar-refractivity contribution in [1.29, 1.82) is 0 Å². The summed E-state index contributed by atoms with van der Waals surface area (Å²) in [5, 5.41) is 2.75. The van der Waals surface area contributed by atoms with Crippen LogP contribution in [0.15, 0.2) is 33.9 Å². The molecule has 1 aliphatic rings. The zero-order valence-electron chi connectivity index (χ0n) is 19.9. The summed E-state index contributed by atoms with van der Waals surface area (Å²) in [6, 6.07) is 6.02. The van der Waals surface area contributed by atoms with E-state index in [0.717, 1.165) is 29.1 Å². The average molecular weight is 557 g/mol. The first kappa shape index (κ1) is 26.3. The number of carbonyl (C=O) groups excluding carboxylic acids is 1. The van der Waals surface area contributed by atoms with Gasteiger partial charge in [-0.1, -0.05) is 42.9 Å². The Bertz CT molecular complexity index is 1280. The second-order valence-corrected chi connectivity index (χ2v) is 12.6. The van der Waals surface area contributed by atoms with Gasteiger partial charge in [0.25, 0.3) is 10.0 Å². The van der Waals surface area contributed by atoms with Crippen molar-refractivity contribution >= 4 is 65.6 Å². The van der Waals surface area contributed by atoms with Crippen LogP contribution in [0.4, 0.5) is 5.13 Å². The lowest BCUT2D eigenvalue weighted by atomic mass is 10.2. The maximum absolute atomic E-state index is 14.0. The normalized spacial score (nSPS) is 16.9. The predicted octanol–water partition coefficient (Wildman–Crippen LogP) is 4.55. The maximum Gasteiger partial charge on any atom is 0.253 e. The van der Waals surface area contributed by atoms with Crippen molar-refractivity contribution in [1.82, 2.24) is 14.2 Å². The van der Waals surface area contributed by atoms with E-state index in [-0.39, 0.29) is 10.1 Å². The molecule has 0 bridgehead atoms. The van der Waals surface area contributed by atoms with Gasteiger partial charge in [0.2, 0.25) is 5.91 Å². The molecule has 3 aromatic rings. The number of halogens is 1. The quantitative estimate of drug-likeness (QED) is 0.364. The standard InChI is InChI=1S/C23H29ClN4O4S3/c1-4-26(5-2)13-14-27(23-25-20-18(32-3)11-10-16(24)21(20)34-23)22(29)17-8-6-12-28(17)35(30,31)19-9-7-15-33-19/h7,9-11,15,17H,4-6,8,12-14H2,1-3H3. The maximum atomic E-state index is 14.0. The topological polar surface area (TPSA) is 83.0 Å². The van der Waals surface area contributed by atoms with Gasteiger partial charge in [0.05, 0.1) is 16.8 Å². The number of carbonyl (C=O) groups is 1. The number of sulfonamides is 1. The van der Waals surface area contributed by atoms with Crippen molar-refractivity contribution in [2.24, 2.45) is 0 Å². The summed E-state index contributed by atoms with van der Waals surface area (Å²) in [4.78, 5) is 22.6. The van der Waals surface area contributed by atoms with Gasteiger partial charge in [-0.2, -0.15) is 4.31 Å². The summed E-state index contributed by atoms with van der Waals surface area (Å²) in [6.45, 7) is 7.20. The Morgan fingerprint density at radius 1 is 1.26 bits per heavy atom. The van der Waals surface area contributed by atoms with E-state index in [2.05, 4.69) is 18.7 Å². The SMILES string of the molecule is CCN(CC)CCN(C(=O)C1CCCN1S(=O)(=O)c1cccs1)c1nc2c(OC)ccc(Cl)c2s1. The molecule has 0 N–H and O–H groups in total. The molecular weight excluding hydrogens is 528 g/mol. The molecule has 0 spiro atoms. The fraction of sp³-hybridized carbons (Fsp3) is 0.478. The molecule has 0 radical (unpaired) electrons. The fourth-order valence-corrected chi connectivity index (χ4v) is 8.34. The number of likely N-dealkylation sites (N-methyl/N-ethyl adjacent to an activating group) is 1. The Labute approximate surface area is 219 Å². The molecule has 0 aliphatic carbocycles. The highest BCUT2D eigenvalue weighted by atomic mass is 35.5. The van der Waals surface area contributed by atoms with Crippen LogP contribution in [0.25, 0.3) is 10.2 Å². The molecule has 2 aromatic heterocycles. The van der Waals surface area contributed by atoms with Crippen molar-refractivity contribution in [3.8, 4) is 5.75 Å². The second kappa shape index (κ2) is 11.1. The third-order valence-corrected chi connectivity index (χ3v) is 11.1. The van der Waals surface area contributed by atoms with Crippen molar-refractivity contribution < 1.29 is 17.9 Å². The van der Waals surface area contributed by atoms with Crippen molar-refractivity contribution in [2.75, 3.05) is 44.7 Å². The number of amides is 1. The molecular formula is C23H29ClN4O4S3. The summed E-state index contributed by atoms with van der Waals surface area (Å²) in [6.07, 6.45) is 1.10. The van der Waals surface area contributed by atoms with Gasteiger partial charge in [0.1, 0.15) is 21.5 Å². The number of rotatable bonds is 10. The molecule has 1 fully saturated rings. The molecule has 4 rings (SSSR count). The Balaban J connectivity index is 1.72. The van der Waals surface area contributed by atoms with Crippen LogP contribution in [0, 0.1) is 0 Å². The minimum Gasteiger partial charge on any atom is -0.494 e. The first-order valence-corrected chi connectivity index (χ1v) is 15.0. The molecule has 1 unspecified atom stereocenters. The molecule has 35 heavy (non-hydrogen) atoms. The minimum absolute atomic E-state index is 0.253. The highest BCUT2D eigenvalue weighted by Gasteiger charge is 2.42. The zero-order valence-corrected chi connectivity index (χ0v) is 23.1. The van der Waals surface area contributed by atoms with Gasteiger partial charge < -0.3 is 9.64 Å². The Morgan fingerprint density at radius 2 is 2.03 bits per heavy atom. The fourth-order valence-electron chi connectivity index (χ4n) is 4.28. The summed E-state index contributed by atoms with van der Waals surface area (Å²) in [7, 11) is -2.19. The lowest BCUT2D eigenvalue weighted by Crippen LogP contribution is -2.49. The number of ether oxygens (including phenoxy) is 1. The largest absolute Gasteiger partial charge is 0.494 e. The van der Waals surface area contributed by atoms with Crippen LogP contribution in [0.1, 0.15) is 26.7 Å². The zero-order chi connectivity index (χ0) is 25.2. The van der Waals surface area contributed by atoms with Gasteiger partial charge in [0.15, 0.2) is 5.13 Å². The number of thiazole rings is 1. The van der Waals surface area contributed by atoms with E-state index in [9.17, 15) is 13.2 Å². The van der Waals surface area contributed by atoms with Gasteiger partial charge in [-0.15, -0.1) is 11.3 Å². The van der Waals surface area contributed by atoms with Gasteiger partial charge >= 0.3 is 0 Å². The molecule has 12 heteroatoms. The van der Waals surface area contributed by atoms with Crippen molar-refractivity contribution in [3.63, 3.8) is 0 Å². The summed E-state index contributed by atoms with van der Waals surface area (Å²) < 4.78 is 34.4. The van der Waals surface area contributed by atoms with Crippen LogP contribution in [0.5, 0.6) is 5.75 Å². The third kappa shape index (κ3) is 5.21.